The number of rotatable bonds is 7. The molecule has 0 atom stereocenters. The third-order valence-electron chi connectivity index (χ3n) is 1.82. The molecule has 0 saturated carbocycles. The van der Waals surface area contributed by atoms with Gasteiger partial charge >= 0.3 is 7.60 Å². The van der Waals surface area contributed by atoms with Crippen molar-refractivity contribution < 1.29 is 13.6 Å². The zero-order valence-electron chi connectivity index (χ0n) is 11.2. The van der Waals surface area contributed by atoms with Crippen LogP contribution in [0.4, 0.5) is 0 Å². The molecule has 0 aromatic rings. The van der Waals surface area contributed by atoms with Crippen LogP contribution in [0.5, 0.6) is 0 Å². The first-order chi connectivity index (χ1) is 7.37. The van der Waals surface area contributed by atoms with Gasteiger partial charge in [0.1, 0.15) is 5.44 Å². The molecule has 96 valence electrons. The molecule has 0 rings (SSSR count). The van der Waals surface area contributed by atoms with Crippen LogP contribution in [0.1, 0.15) is 27.7 Å². The molecule has 0 unspecified atom stereocenters. The molecule has 4 nitrogen and oxygen atoms in total. The van der Waals surface area contributed by atoms with E-state index in [4.69, 9.17) is 9.05 Å². The molecular weight excluding hydrogens is 225 g/mol. The summed E-state index contributed by atoms with van der Waals surface area (Å²) in [6.45, 7) is 8.45. The number of hydrogen-bond acceptors (Lipinski definition) is 4. The van der Waals surface area contributed by atoms with Crippen LogP contribution < -0.4 is 0 Å². The van der Waals surface area contributed by atoms with Gasteiger partial charge in [-0.3, -0.25) is 4.57 Å². The maximum absolute atomic E-state index is 12.5. The lowest BCUT2D eigenvalue weighted by molar-refractivity contribution is 0.219. The lowest BCUT2D eigenvalue weighted by Crippen LogP contribution is -2.15. The molecule has 16 heavy (non-hydrogen) atoms. The third-order valence-corrected chi connectivity index (χ3v) is 4.13. The van der Waals surface area contributed by atoms with E-state index in [1.54, 1.807) is 4.90 Å². The summed E-state index contributed by atoms with van der Waals surface area (Å²) in [7, 11) is 0.540. The van der Waals surface area contributed by atoms with Gasteiger partial charge in [-0.05, 0) is 19.8 Å². The van der Waals surface area contributed by atoms with E-state index >= 15 is 0 Å². The van der Waals surface area contributed by atoms with Crippen molar-refractivity contribution in [2.24, 2.45) is 5.92 Å². The number of nitrogens with zero attached hydrogens (tertiary/aromatic N) is 1. The highest BCUT2D eigenvalue weighted by Crippen LogP contribution is 2.56. The average molecular weight is 249 g/mol. The van der Waals surface area contributed by atoms with E-state index in [0.717, 1.165) is 0 Å². The number of hydrogen-bond donors (Lipinski definition) is 0. The summed E-state index contributed by atoms with van der Waals surface area (Å²) in [5.74, 6) is 0.298. The van der Waals surface area contributed by atoms with Crippen LogP contribution in [0.3, 0.4) is 0 Å². The van der Waals surface area contributed by atoms with Gasteiger partial charge in [-0.2, -0.15) is 0 Å². The minimum absolute atomic E-state index is 0.298. The van der Waals surface area contributed by atoms with Crippen LogP contribution in [0.15, 0.2) is 11.5 Å². The molecular formula is C11H24NO3P. The molecule has 0 aliphatic heterocycles. The Bertz CT molecular complexity index is 264. The van der Waals surface area contributed by atoms with Crippen LogP contribution in [0, 0.1) is 5.92 Å². The normalized spacial score (nSPS) is 13.3. The summed E-state index contributed by atoms with van der Waals surface area (Å²) in [6.07, 6.45) is 1.92. The Morgan fingerprint density at radius 3 is 1.94 bits per heavy atom. The van der Waals surface area contributed by atoms with Crippen molar-refractivity contribution in [3.05, 3.63) is 11.5 Å². The van der Waals surface area contributed by atoms with Gasteiger partial charge in [0.2, 0.25) is 0 Å². The molecule has 0 aliphatic rings. The summed E-state index contributed by atoms with van der Waals surface area (Å²) < 4.78 is 23.2. The van der Waals surface area contributed by atoms with E-state index < -0.39 is 7.60 Å². The molecule has 0 N–H and O–H groups in total. The third kappa shape index (κ3) is 4.69. The van der Waals surface area contributed by atoms with Crippen LogP contribution in [0.2, 0.25) is 0 Å². The molecule has 0 aromatic heterocycles. The zero-order chi connectivity index (χ0) is 12.8. The second kappa shape index (κ2) is 7.10. The SMILES string of the molecule is CCOP(=O)(OCC)/C(=C/C(C)C)N(C)C. The molecule has 0 spiro atoms. The molecule has 0 fully saturated rings. The van der Waals surface area contributed by atoms with Crippen LogP contribution >= 0.6 is 7.60 Å². The van der Waals surface area contributed by atoms with Gasteiger partial charge in [-0.25, -0.2) is 0 Å². The zero-order valence-corrected chi connectivity index (χ0v) is 12.1. The lowest BCUT2D eigenvalue weighted by atomic mass is 10.2. The van der Waals surface area contributed by atoms with E-state index in [9.17, 15) is 4.57 Å². The molecule has 0 aliphatic carbocycles. The first-order valence-corrected chi connectivity index (χ1v) is 7.20. The van der Waals surface area contributed by atoms with Crippen molar-refractivity contribution in [1.29, 1.82) is 0 Å². The van der Waals surface area contributed by atoms with E-state index in [0.29, 0.717) is 24.6 Å². The predicted octanol–water partition coefficient (Wildman–Crippen LogP) is 3.31. The fraction of sp³-hybridized carbons (Fsp3) is 0.818. The Labute approximate surface area is 99.1 Å². The fourth-order valence-corrected chi connectivity index (χ4v) is 3.28. The van der Waals surface area contributed by atoms with E-state index in [-0.39, 0.29) is 0 Å². The van der Waals surface area contributed by atoms with Gasteiger partial charge in [-0.1, -0.05) is 19.9 Å². The summed E-state index contributed by atoms with van der Waals surface area (Å²) in [5, 5.41) is 0. The van der Waals surface area contributed by atoms with Crippen molar-refractivity contribution >= 4 is 7.60 Å². The van der Waals surface area contributed by atoms with Gasteiger partial charge in [0.05, 0.1) is 13.2 Å². The highest BCUT2D eigenvalue weighted by atomic mass is 31.2. The Hall–Kier alpha value is -0.310. The highest BCUT2D eigenvalue weighted by Gasteiger charge is 2.31. The Balaban J connectivity index is 5.18. The van der Waals surface area contributed by atoms with Crippen LogP contribution in [-0.4, -0.2) is 32.2 Å². The molecule has 0 bridgehead atoms. The Morgan fingerprint density at radius 1 is 1.25 bits per heavy atom. The van der Waals surface area contributed by atoms with E-state index in [1.165, 1.54) is 0 Å². The van der Waals surface area contributed by atoms with E-state index in [2.05, 4.69) is 0 Å². The standard InChI is InChI=1S/C11H24NO3P/c1-7-14-16(13,15-8-2)11(12(5)6)9-10(3)4/h9-10H,7-8H2,1-6H3/b11-9+. The molecule has 0 radical (unpaired) electrons. The fourth-order valence-electron chi connectivity index (χ4n) is 1.29. The largest absolute Gasteiger partial charge is 0.376 e. The maximum Gasteiger partial charge on any atom is 0.376 e. The number of allylic oxidation sites excluding steroid dienone is 1. The molecule has 0 saturated heterocycles. The van der Waals surface area contributed by atoms with Gasteiger partial charge in [0, 0.05) is 14.1 Å². The Morgan fingerprint density at radius 2 is 1.69 bits per heavy atom. The second-order valence-electron chi connectivity index (χ2n) is 4.00. The summed E-state index contributed by atoms with van der Waals surface area (Å²) >= 11 is 0. The van der Waals surface area contributed by atoms with Crippen molar-refractivity contribution in [1.82, 2.24) is 4.90 Å². The monoisotopic (exact) mass is 249 g/mol. The van der Waals surface area contributed by atoms with Crippen LogP contribution in [0.25, 0.3) is 0 Å². The average Bonchev–Trinajstić information content (AvgIpc) is 2.14. The quantitative estimate of drug-likeness (QED) is 0.649. The smallest absolute Gasteiger partial charge is 0.371 e. The first-order valence-electron chi connectivity index (χ1n) is 5.66. The molecule has 0 amide bonds. The molecule has 0 heterocycles. The summed E-state index contributed by atoms with van der Waals surface area (Å²) in [6, 6.07) is 0. The van der Waals surface area contributed by atoms with Gasteiger partial charge in [-0.15, -0.1) is 0 Å². The predicted molar refractivity (Wildman–Crippen MR) is 67.5 cm³/mol. The van der Waals surface area contributed by atoms with Crippen molar-refractivity contribution in [2.75, 3.05) is 27.3 Å². The van der Waals surface area contributed by atoms with Crippen LogP contribution in [-0.2, 0) is 13.6 Å². The summed E-state index contributed by atoms with van der Waals surface area (Å²) in [4.78, 5) is 1.80. The minimum atomic E-state index is -3.15. The Kier molecular flexibility index (Phi) is 6.96. The molecule has 0 aromatic carbocycles. The molecule has 5 heteroatoms. The van der Waals surface area contributed by atoms with E-state index in [1.807, 2.05) is 47.9 Å². The van der Waals surface area contributed by atoms with Gasteiger partial charge in [0.25, 0.3) is 0 Å². The highest BCUT2D eigenvalue weighted by molar-refractivity contribution is 7.58. The topological polar surface area (TPSA) is 38.8 Å². The van der Waals surface area contributed by atoms with Gasteiger partial charge in [0.15, 0.2) is 0 Å². The summed E-state index contributed by atoms with van der Waals surface area (Å²) in [5.41, 5.74) is 0.631. The van der Waals surface area contributed by atoms with Crippen molar-refractivity contribution in [2.45, 2.75) is 27.7 Å². The first kappa shape index (κ1) is 15.7. The lowest BCUT2D eigenvalue weighted by Gasteiger charge is -2.25. The van der Waals surface area contributed by atoms with Crippen molar-refractivity contribution in [3.8, 4) is 0 Å². The van der Waals surface area contributed by atoms with Crippen molar-refractivity contribution in [3.63, 3.8) is 0 Å². The minimum Gasteiger partial charge on any atom is -0.371 e. The maximum atomic E-state index is 12.5. The second-order valence-corrected chi connectivity index (χ2v) is 5.97. The van der Waals surface area contributed by atoms with Gasteiger partial charge < -0.3 is 13.9 Å².